The Morgan fingerprint density at radius 1 is 1.15 bits per heavy atom. The third kappa shape index (κ3) is 3.34. The number of nitriles is 1. The molecule has 0 saturated heterocycles. The molecule has 0 radical (unpaired) electrons. The minimum atomic E-state index is -0.430. The molecule has 0 aliphatic heterocycles. The van der Waals surface area contributed by atoms with E-state index in [0.29, 0.717) is 29.8 Å². The van der Waals surface area contributed by atoms with Gasteiger partial charge in [0.05, 0.1) is 11.6 Å². The quantitative estimate of drug-likeness (QED) is 0.908. The summed E-state index contributed by atoms with van der Waals surface area (Å²) in [4.78, 5) is 0. The van der Waals surface area contributed by atoms with Crippen LogP contribution in [0.15, 0.2) is 42.5 Å². The average Bonchev–Trinajstić information content (AvgIpc) is 2.47. The monoisotopic (exact) mass is 270 g/mol. The van der Waals surface area contributed by atoms with Crippen molar-refractivity contribution in [3.63, 3.8) is 0 Å². The lowest BCUT2D eigenvalue weighted by molar-refractivity contribution is 0.297. The molecule has 0 amide bonds. The molecule has 0 saturated carbocycles. The third-order valence-corrected chi connectivity index (χ3v) is 2.95. The molecular formula is C16H15FN2O. The highest BCUT2D eigenvalue weighted by Gasteiger charge is 2.06. The normalized spacial score (nSPS) is 10.1. The Hall–Kier alpha value is -2.38. The molecule has 4 heteroatoms. The summed E-state index contributed by atoms with van der Waals surface area (Å²) in [5.74, 6) is 0.280. The maximum Gasteiger partial charge on any atom is 0.131 e. The molecule has 0 atom stereocenters. The lowest BCUT2D eigenvalue weighted by atomic mass is 10.1. The molecule has 0 fully saturated rings. The number of rotatable bonds is 5. The highest BCUT2D eigenvalue weighted by atomic mass is 19.1. The van der Waals surface area contributed by atoms with Crippen molar-refractivity contribution in [1.29, 1.82) is 5.26 Å². The zero-order valence-corrected chi connectivity index (χ0v) is 11.0. The van der Waals surface area contributed by atoms with Crippen LogP contribution in [0, 0.1) is 17.1 Å². The smallest absolute Gasteiger partial charge is 0.131 e. The Balaban J connectivity index is 2.11. The lowest BCUT2D eigenvalue weighted by Crippen LogP contribution is -2.06. The second kappa shape index (κ2) is 6.69. The van der Waals surface area contributed by atoms with Crippen LogP contribution < -0.4 is 10.5 Å². The zero-order chi connectivity index (χ0) is 14.4. The predicted octanol–water partition coefficient (Wildman–Crippen LogP) is 2.78. The maximum atomic E-state index is 13.7. The van der Waals surface area contributed by atoms with Crippen LogP contribution in [0.5, 0.6) is 5.75 Å². The van der Waals surface area contributed by atoms with E-state index in [1.807, 2.05) is 30.3 Å². The molecule has 0 aromatic heterocycles. The van der Waals surface area contributed by atoms with Gasteiger partial charge in [0.15, 0.2) is 0 Å². The van der Waals surface area contributed by atoms with Crippen molar-refractivity contribution in [2.24, 2.45) is 5.73 Å². The average molecular weight is 270 g/mol. The van der Waals surface area contributed by atoms with Gasteiger partial charge in [0.25, 0.3) is 0 Å². The topological polar surface area (TPSA) is 59.0 Å². The van der Waals surface area contributed by atoms with Crippen LogP contribution in [0.1, 0.15) is 16.7 Å². The van der Waals surface area contributed by atoms with Gasteiger partial charge in [-0.2, -0.15) is 5.26 Å². The summed E-state index contributed by atoms with van der Waals surface area (Å²) < 4.78 is 19.4. The van der Waals surface area contributed by atoms with Crippen molar-refractivity contribution < 1.29 is 9.13 Å². The molecule has 0 unspecified atom stereocenters. The summed E-state index contributed by atoms with van der Waals surface area (Å²) in [6.45, 7) is 0.657. The third-order valence-electron chi connectivity index (χ3n) is 2.95. The first-order valence-corrected chi connectivity index (χ1v) is 6.34. The van der Waals surface area contributed by atoms with E-state index in [9.17, 15) is 4.39 Å². The van der Waals surface area contributed by atoms with Crippen molar-refractivity contribution in [3.8, 4) is 11.8 Å². The van der Waals surface area contributed by atoms with Gasteiger partial charge in [-0.25, -0.2) is 4.39 Å². The highest BCUT2D eigenvalue weighted by molar-refractivity contribution is 5.35. The van der Waals surface area contributed by atoms with E-state index < -0.39 is 5.82 Å². The van der Waals surface area contributed by atoms with Gasteiger partial charge in [-0.1, -0.05) is 24.3 Å². The lowest BCUT2D eigenvalue weighted by Gasteiger charge is -2.11. The largest absolute Gasteiger partial charge is 0.489 e. The van der Waals surface area contributed by atoms with Crippen molar-refractivity contribution in [1.82, 2.24) is 0 Å². The molecule has 2 aromatic carbocycles. The fourth-order valence-corrected chi connectivity index (χ4v) is 1.90. The molecule has 0 spiro atoms. The molecule has 0 aliphatic rings. The van der Waals surface area contributed by atoms with E-state index in [4.69, 9.17) is 15.7 Å². The second-order valence-electron chi connectivity index (χ2n) is 4.35. The number of hydrogen-bond acceptors (Lipinski definition) is 3. The molecule has 2 aromatic rings. The van der Waals surface area contributed by atoms with Gasteiger partial charge in [0, 0.05) is 5.56 Å². The summed E-state index contributed by atoms with van der Waals surface area (Å²) in [6.07, 6.45) is 0.714. The zero-order valence-electron chi connectivity index (χ0n) is 11.0. The fourth-order valence-electron chi connectivity index (χ4n) is 1.90. The Kier molecular flexibility index (Phi) is 4.70. The van der Waals surface area contributed by atoms with Crippen molar-refractivity contribution in [2.75, 3.05) is 6.54 Å². The number of hydrogen-bond donors (Lipinski definition) is 1. The van der Waals surface area contributed by atoms with Gasteiger partial charge in [0.2, 0.25) is 0 Å². The Morgan fingerprint density at radius 2 is 1.95 bits per heavy atom. The minimum Gasteiger partial charge on any atom is -0.489 e. The van der Waals surface area contributed by atoms with Crippen LogP contribution in [-0.4, -0.2) is 6.54 Å². The van der Waals surface area contributed by atoms with Gasteiger partial charge in [-0.05, 0) is 36.7 Å². The molecular weight excluding hydrogens is 255 g/mol. The van der Waals surface area contributed by atoms with Crippen LogP contribution in [-0.2, 0) is 13.0 Å². The summed E-state index contributed by atoms with van der Waals surface area (Å²) >= 11 is 0. The maximum absolute atomic E-state index is 13.7. The van der Waals surface area contributed by atoms with Gasteiger partial charge in [0.1, 0.15) is 18.2 Å². The molecule has 0 bridgehead atoms. The first-order chi connectivity index (χ1) is 9.74. The van der Waals surface area contributed by atoms with Crippen molar-refractivity contribution in [3.05, 3.63) is 65.0 Å². The van der Waals surface area contributed by atoms with Crippen molar-refractivity contribution in [2.45, 2.75) is 13.0 Å². The van der Waals surface area contributed by atoms with E-state index >= 15 is 0 Å². The number of halogens is 1. The van der Waals surface area contributed by atoms with Crippen LogP contribution in [0.3, 0.4) is 0 Å². The molecule has 2 rings (SSSR count). The molecule has 0 heterocycles. The van der Waals surface area contributed by atoms with Gasteiger partial charge in [-0.3, -0.25) is 0 Å². The number of ether oxygens (including phenoxy) is 1. The summed E-state index contributed by atoms with van der Waals surface area (Å²) in [7, 11) is 0. The van der Waals surface area contributed by atoms with Crippen LogP contribution in [0.2, 0.25) is 0 Å². The van der Waals surface area contributed by atoms with E-state index in [-0.39, 0.29) is 6.61 Å². The molecule has 2 N–H and O–H groups in total. The van der Waals surface area contributed by atoms with E-state index in [2.05, 4.69) is 0 Å². The predicted molar refractivity (Wildman–Crippen MR) is 74.6 cm³/mol. The Morgan fingerprint density at radius 3 is 2.65 bits per heavy atom. The van der Waals surface area contributed by atoms with E-state index in [1.54, 1.807) is 12.1 Å². The number of para-hydroxylation sites is 1. The van der Waals surface area contributed by atoms with E-state index in [0.717, 1.165) is 5.56 Å². The minimum absolute atomic E-state index is 0.124. The molecule has 3 nitrogen and oxygen atoms in total. The standard InChI is InChI=1S/C16H15FN2O/c17-15-9-12(10-19)5-6-14(15)11-20-16-4-2-1-3-13(16)7-8-18/h1-6,9H,7-8,11,18H2. The Labute approximate surface area is 117 Å². The molecule has 20 heavy (non-hydrogen) atoms. The van der Waals surface area contributed by atoms with Gasteiger partial charge in [-0.15, -0.1) is 0 Å². The molecule has 0 aliphatic carbocycles. The summed E-state index contributed by atoms with van der Waals surface area (Å²) in [5, 5.41) is 8.70. The number of nitrogens with zero attached hydrogens (tertiary/aromatic N) is 1. The highest BCUT2D eigenvalue weighted by Crippen LogP contribution is 2.20. The first kappa shape index (κ1) is 14.0. The first-order valence-electron chi connectivity index (χ1n) is 6.34. The SMILES string of the molecule is N#Cc1ccc(COc2ccccc2CCN)c(F)c1. The summed E-state index contributed by atoms with van der Waals surface area (Å²) in [6, 6.07) is 13.8. The molecule has 102 valence electrons. The van der Waals surface area contributed by atoms with Crippen LogP contribution in [0.4, 0.5) is 4.39 Å². The number of benzene rings is 2. The van der Waals surface area contributed by atoms with Crippen LogP contribution >= 0.6 is 0 Å². The fraction of sp³-hybridized carbons (Fsp3) is 0.188. The Bertz CT molecular complexity index is 635. The van der Waals surface area contributed by atoms with E-state index in [1.165, 1.54) is 6.07 Å². The number of nitrogens with two attached hydrogens (primary N) is 1. The van der Waals surface area contributed by atoms with Crippen LogP contribution in [0.25, 0.3) is 0 Å². The van der Waals surface area contributed by atoms with Crippen molar-refractivity contribution >= 4 is 0 Å². The summed E-state index contributed by atoms with van der Waals surface area (Å²) in [5.41, 5.74) is 7.27. The van der Waals surface area contributed by atoms with Gasteiger partial charge < -0.3 is 10.5 Å². The second-order valence-corrected chi connectivity index (χ2v) is 4.35. The van der Waals surface area contributed by atoms with Gasteiger partial charge >= 0.3 is 0 Å².